The molecular formula is C100H144N14O16. The van der Waals surface area contributed by atoms with E-state index in [1.54, 1.807) is 186 Å². The van der Waals surface area contributed by atoms with E-state index in [9.17, 15) is 38.4 Å². The molecule has 710 valence electrons. The fourth-order valence-corrected chi connectivity index (χ4v) is 13.7. The van der Waals surface area contributed by atoms with Gasteiger partial charge in [-0.25, -0.2) is 38.4 Å². The molecule has 0 aliphatic heterocycles. The number of amides is 8. The molecule has 6 aromatic carbocycles. The van der Waals surface area contributed by atoms with Crippen LogP contribution in [0.25, 0.3) is 0 Å². The van der Waals surface area contributed by atoms with Gasteiger partial charge in [0.1, 0.15) is 44.8 Å². The number of rotatable bonds is 31. The topological polar surface area (TPSA) is 345 Å². The molecule has 0 spiro atoms. The summed E-state index contributed by atoms with van der Waals surface area (Å²) in [5.74, 6) is -0.694. The second-order valence-corrected chi connectivity index (χ2v) is 39.5. The number of hydrogen-bond donors (Lipinski definition) is 6. The average molecular weight is 1800 g/mol. The zero-order valence-corrected chi connectivity index (χ0v) is 81.2. The molecular weight excluding hydrogens is 1650 g/mol. The minimum Gasteiger partial charge on any atom is -0.444 e. The van der Waals surface area contributed by atoms with Gasteiger partial charge in [-0.2, -0.15) is 0 Å². The third-order valence-corrected chi connectivity index (χ3v) is 18.6. The zero-order valence-electron chi connectivity index (χ0n) is 81.2. The van der Waals surface area contributed by atoms with Crippen LogP contribution in [0.2, 0.25) is 0 Å². The van der Waals surface area contributed by atoms with Gasteiger partial charge >= 0.3 is 48.7 Å². The highest BCUT2D eigenvalue weighted by atomic mass is 16.6. The first-order valence-electron chi connectivity index (χ1n) is 44.8. The van der Waals surface area contributed by atoms with E-state index in [0.717, 1.165) is 33.4 Å². The summed E-state index contributed by atoms with van der Waals surface area (Å²) in [5, 5.41) is 19.0. The van der Waals surface area contributed by atoms with Crippen LogP contribution in [0, 0.1) is 0 Å². The van der Waals surface area contributed by atoms with Crippen molar-refractivity contribution in [3.05, 3.63) is 215 Å². The van der Waals surface area contributed by atoms with Crippen LogP contribution in [0.4, 0.5) is 38.4 Å². The van der Waals surface area contributed by atoms with Crippen LogP contribution in [0.3, 0.4) is 0 Å². The maximum absolute atomic E-state index is 14.1. The Balaban J connectivity index is 1.43. The van der Waals surface area contributed by atoms with Crippen LogP contribution in [-0.4, -0.2) is 202 Å². The zero-order chi connectivity index (χ0) is 96.4. The highest BCUT2D eigenvalue weighted by Crippen LogP contribution is 2.39. The fourth-order valence-electron chi connectivity index (χ4n) is 13.7. The summed E-state index contributed by atoms with van der Waals surface area (Å²) in [6.45, 7) is 42.6. The number of guanidine groups is 4. The highest BCUT2D eigenvalue weighted by Gasteiger charge is 2.39. The summed E-state index contributed by atoms with van der Waals surface area (Å²) in [6.07, 6.45) is -5.01. The number of carbonyl (C=O) groups is 8. The molecule has 6 N–H and O–H groups in total. The Morgan fingerprint density at radius 2 is 0.369 bits per heavy atom. The second-order valence-electron chi connectivity index (χ2n) is 39.5. The van der Waals surface area contributed by atoms with Crippen molar-refractivity contribution in [1.82, 2.24) is 51.5 Å². The van der Waals surface area contributed by atoms with Crippen molar-refractivity contribution >= 4 is 72.6 Å². The second kappa shape index (κ2) is 48.6. The molecule has 0 saturated heterocycles. The molecule has 0 unspecified atom stereocenters. The molecule has 6 rings (SSSR count). The molecule has 0 bridgehead atoms. The monoisotopic (exact) mass is 1800 g/mol. The summed E-state index contributed by atoms with van der Waals surface area (Å²) in [5.41, 5.74) is -3.69. The lowest BCUT2D eigenvalue weighted by molar-refractivity contribution is 0.0534. The summed E-state index contributed by atoms with van der Waals surface area (Å²) in [7, 11) is 0. The number of carbonyl (C=O) groups excluding carboxylic acids is 8. The van der Waals surface area contributed by atoms with Gasteiger partial charge < -0.3 is 57.5 Å². The number of nitrogens with one attached hydrogen (secondary N) is 6. The van der Waals surface area contributed by atoms with Crippen LogP contribution < -0.4 is 31.9 Å². The van der Waals surface area contributed by atoms with Gasteiger partial charge in [0.2, 0.25) is 23.8 Å². The third kappa shape index (κ3) is 39.6. The summed E-state index contributed by atoms with van der Waals surface area (Å²) >= 11 is 0. The van der Waals surface area contributed by atoms with Crippen molar-refractivity contribution < 1.29 is 76.3 Å². The number of aliphatic imine (C=N–C) groups is 4. The molecule has 0 aliphatic carbocycles. The standard InChI is InChI=1S/C100H144N14O16/c1-91(2,3)123-83(115)103-79(104-84(116)124-92(4,5)6)111(67-45-47-69-113(81(107-87(119)127-95(13,14)15)108-88(120)128-96(16,17)18)71-49-63-101-99(73-51-31-25-32-52-73,74-53-33-26-34-54-74)75-55-35-27-36-56-75)65-43-44-66-112(80(105-85(117)125-93(7,8)9)106-86(118)126-94(10,11)12)68-46-48-70-114(82(109-89(121)129-97(19,20)21)110-90(122)130-98(22,23)24)72-50-64-102-100(76-57-37-28-38-58-76,77-59-39-29-40-60-77)78-61-41-30-42-62-78/h25-42,51-62,101-102H,43-50,63-72H2,1-24H3,(H,103,104,115,116)(H,105,106,117,118)(H,107,108,119,120)(H,109,110,121,122). The molecule has 6 aromatic rings. The number of nitrogens with zero attached hydrogens (tertiary/aromatic N) is 8. The first-order chi connectivity index (χ1) is 60.7. The van der Waals surface area contributed by atoms with Crippen LogP contribution in [0.5, 0.6) is 0 Å². The van der Waals surface area contributed by atoms with Crippen molar-refractivity contribution in [1.29, 1.82) is 0 Å². The summed E-state index contributed by atoms with van der Waals surface area (Å²) in [4.78, 5) is 137. The molecule has 8 amide bonds. The van der Waals surface area contributed by atoms with Gasteiger partial charge in [0.25, 0.3) is 0 Å². The van der Waals surface area contributed by atoms with Gasteiger partial charge in [-0.15, -0.1) is 20.0 Å². The van der Waals surface area contributed by atoms with Gasteiger partial charge in [0.15, 0.2) is 0 Å². The molecule has 0 aliphatic rings. The lowest BCUT2D eigenvalue weighted by Gasteiger charge is -2.37. The lowest BCUT2D eigenvalue weighted by atomic mass is 9.77. The number of benzene rings is 6. The van der Waals surface area contributed by atoms with Crippen molar-refractivity contribution in [2.45, 2.75) is 273 Å². The Morgan fingerprint density at radius 1 is 0.223 bits per heavy atom. The Labute approximate surface area is 770 Å². The molecule has 130 heavy (non-hydrogen) atoms. The number of alkyl carbamates (subject to hydrolysis) is 4. The van der Waals surface area contributed by atoms with E-state index >= 15 is 0 Å². The van der Waals surface area contributed by atoms with E-state index in [1.165, 1.54) is 0 Å². The molecule has 0 saturated carbocycles. The summed E-state index contributed by atoms with van der Waals surface area (Å²) in [6, 6.07) is 60.9. The van der Waals surface area contributed by atoms with Gasteiger partial charge in [-0.05, 0) is 264 Å². The maximum atomic E-state index is 14.1. The van der Waals surface area contributed by atoms with E-state index < -0.39 is 105 Å². The minimum atomic E-state index is -1.03. The summed E-state index contributed by atoms with van der Waals surface area (Å²) < 4.78 is 46.2. The van der Waals surface area contributed by atoms with Gasteiger partial charge in [0.05, 0.1) is 11.1 Å². The molecule has 30 nitrogen and oxygen atoms in total. The number of ether oxygens (including phenoxy) is 8. The Bertz CT molecular complexity index is 4200. The van der Waals surface area contributed by atoms with Crippen molar-refractivity contribution in [3.8, 4) is 0 Å². The molecule has 30 heteroatoms. The van der Waals surface area contributed by atoms with Crippen LogP contribution in [0.1, 0.15) is 251 Å². The maximum Gasteiger partial charge on any atom is 0.437 e. The molecule has 0 atom stereocenters. The average Bonchev–Trinajstić information content (AvgIpc) is 0.761. The predicted octanol–water partition coefficient (Wildman–Crippen LogP) is 19.7. The van der Waals surface area contributed by atoms with Gasteiger partial charge in [-0.3, -0.25) is 31.9 Å². The fraction of sp³-hybridized carbons (Fsp3) is 0.520. The van der Waals surface area contributed by atoms with Crippen molar-refractivity contribution in [2.75, 3.05) is 65.4 Å². The minimum absolute atomic E-state index is 0.0770. The van der Waals surface area contributed by atoms with E-state index in [-0.39, 0.29) is 89.0 Å². The molecule has 0 fully saturated rings. The Kier molecular flexibility index (Phi) is 40.0. The van der Waals surface area contributed by atoms with Crippen molar-refractivity contribution in [2.24, 2.45) is 20.0 Å². The molecule has 0 aromatic heterocycles. The van der Waals surface area contributed by atoms with Crippen LogP contribution in [-0.2, 0) is 49.0 Å². The molecule has 0 radical (unpaired) electrons. The number of unbranched alkanes of at least 4 members (excludes halogenated alkanes) is 3. The highest BCUT2D eigenvalue weighted by molar-refractivity contribution is 6.01. The normalized spacial score (nSPS) is 12.9. The SMILES string of the molecule is CC(C)(C)OC(=O)/N=C(\NC(=O)OC(C)(C)C)N(CCCCN(CCCCN(CCCNC(c1ccccc1)(c1ccccc1)c1ccccc1)/C(=N/C(=O)OC(C)(C)C)NC(=O)OC(C)(C)C)/C(=N/C(=O)OC(C)(C)C)NC(=O)OC(C)(C)C)CCCCN(CCCNC(c1ccccc1)(c1ccccc1)c1ccccc1)/C(=N/C(=O)OC(C)(C)C)NC(=O)OC(C)(C)C. The Hall–Kier alpha value is -11.9. The van der Waals surface area contributed by atoms with Gasteiger partial charge in [-0.1, -0.05) is 182 Å². The van der Waals surface area contributed by atoms with Gasteiger partial charge in [0, 0.05) is 52.4 Å². The van der Waals surface area contributed by atoms with E-state index in [0.29, 0.717) is 51.6 Å². The van der Waals surface area contributed by atoms with E-state index in [1.807, 2.05) is 109 Å². The quantitative estimate of drug-likeness (QED) is 0.00774. The van der Waals surface area contributed by atoms with E-state index in [4.69, 9.17) is 37.9 Å². The Morgan fingerprint density at radius 3 is 0.515 bits per heavy atom. The largest absolute Gasteiger partial charge is 0.444 e. The smallest absolute Gasteiger partial charge is 0.437 e. The first-order valence-corrected chi connectivity index (χ1v) is 44.8. The van der Waals surface area contributed by atoms with Crippen LogP contribution in [0.15, 0.2) is 202 Å². The number of hydrogen-bond acceptors (Lipinski definition) is 18. The van der Waals surface area contributed by atoms with E-state index in [2.05, 4.69) is 125 Å². The predicted molar refractivity (Wildman–Crippen MR) is 510 cm³/mol. The third-order valence-electron chi connectivity index (χ3n) is 18.6. The molecule has 0 heterocycles. The first kappa shape index (κ1) is 107. The van der Waals surface area contributed by atoms with Crippen LogP contribution >= 0.6 is 0 Å². The van der Waals surface area contributed by atoms with Crippen molar-refractivity contribution in [3.63, 3.8) is 0 Å². The lowest BCUT2D eigenvalue weighted by Crippen LogP contribution is -2.49.